The molecule has 2 aromatic rings. The highest BCUT2D eigenvalue weighted by atomic mass is 16.3. The lowest BCUT2D eigenvalue weighted by molar-refractivity contribution is 0.343. The summed E-state index contributed by atoms with van der Waals surface area (Å²) < 4.78 is 2.04. The van der Waals surface area contributed by atoms with Crippen molar-refractivity contribution in [1.29, 1.82) is 0 Å². The molecule has 2 heterocycles. The summed E-state index contributed by atoms with van der Waals surface area (Å²) in [6.07, 6.45) is 16.5. The number of benzene rings is 1. The predicted octanol–water partition coefficient (Wildman–Crippen LogP) is 5.54. The van der Waals surface area contributed by atoms with E-state index in [4.69, 9.17) is 10.8 Å². The van der Waals surface area contributed by atoms with Crippen molar-refractivity contribution < 1.29 is 5.11 Å². The zero-order chi connectivity index (χ0) is 25.9. The number of nitrogens with one attached hydrogen (secondary N) is 2. The fourth-order valence-corrected chi connectivity index (χ4v) is 5.18. The van der Waals surface area contributed by atoms with Crippen molar-refractivity contribution in [2.75, 3.05) is 13.1 Å². The Balaban J connectivity index is 0.000000236. The third-order valence-electron chi connectivity index (χ3n) is 7.08. The Labute approximate surface area is 217 Å². The van der Waals surface area contributed by atoms with E-state index in [0.29, 0.717) is 23.9 Å². The number of hydrogen-bond acceptors (Lipinski definition) is 6. The smallest absolute Gasteiger partial charge is 0.116 e. The Morgan fingerprint density at radius 2 is 1.83 bits per heavy atom. The number of allylic oxidation sites excluding steroid dienone is 1. The van der Waals surface area contributed by atoms with Crippen LogP contribution in [0.1, 0.15) is 89.3 Å². The van der Waals surface area contributed by atoms with Gasteiger partial charge in [0, 0.05) is 29.1 Å². The first kappa shape index (κ1) is 27.9. The highest BCUT2D eigenvalue weighted by molar-refractivity contribution is 5.78. The number of aromatic hydroxyl groups is 1. The van der Waals surface area contributed by atoms with Crippen molar-refractivity contribution in [2.24, 2.45) is 10.7 Å². The molecule has 1 saturated heterocycles. The Morgan fingerprint density at radius 1 is 1.14 bits per heavy atom. The second-order valence-electron chi connectivity index (χ2n) is 10.1. The first-order chi connectivity index (χ1) is 17.4. The molecule has 0 spiro atoms. The molecule has 5 N–H and O–H groups in total. The molecule has 2 aliphatic rings. The quantitative estimate of drug-likeness (QED) is 0.312. The van der Waals surface area contributed by atoms with Crippen molar-refractivity contribution >= 4 is 11.9 Å². The van der Waals surface area contributed by atoms with Gasteiger partial charge in [0.25, 0.3) is 0 Å². The van der Waals surface area contributed by atoms with Crippen LogP contribution in [0.3, 0.4) is 0 Å². The fraction of sp³-hybridized carbons (Fsp3) is 0.586. The van der Waals surface area contributed by atoms with E-state index in [2.05, 4.69) is 22.5 Å². The number of aliphatic imine (C=N–C) groups is 1. The monoisotopic (exact) mass is 494 g/mol. The molecule has 1 atom stereocenters. The molecule has 2 fully saturated rings. The normalized spacial score (nSPS) is 19.1. The molecular weight excluding hydrogens is 448 g/mol. The van der Waals surface area contributed by atoms with Crippen LogP contribution in [0.2, 0.25) is 0 Å². The lowest BCUT2D eigenvalue weighted by Crippen LogP contribution is -2.35. The van der Waals surface area contributed by atoms with Crippen molar-refractivity contribution in [3.8, 4) is 17.0 Å². The van der Waals surface area contributed by atoms with E-state index in [0.717, 1.165) is 48.3 Å². The molecule has 198 valence electrons. The van der Waals surface area contributed by atoms with Gasteiger partial charge in [-0.1, -0.05) is 31.8 Å². The summed E-state index contributed by atoms with van der Waals surface area (Å²) in [5.41, 5.74) is 10.6. The van der Waals surface area contributed by atoms with Gasteiger partial charge in [-0.25, -0.2) is 0 Å². The molecule has 0 radical (unpaired) electrons. The van der Waals surface area contributed by atoms with Crippen LogP contribution in [0.5, 0.6) is 5.75 Å². The second-order valence-corrected chi connectivity index (χ2v) is 10.1. The number of nitrogens with zero attached hydrogens (tertiary/aromatic N) is 3. The first-order valence-electron chi connectivity index (χ1n) is 13.7. The molecule has 7 nitrogen and oxygen atoms in total. The van der Waals surface area contributed by atoms with E-state index in [1.54, 1.807) is 12.1 Å². The van der Waals surface area contributed by atoms with Gasteiger partial charge in [0.1, 0.15) is 11.4 Å². The van der Waals surface area contributed by atoms with Crippen molar-refractivity contribution in [2.45, 2.75) is 97.3 Å². The molecule has 4 rings (SSSR count). The van der Waals surface area contributed by atoms with Gasteiger partial charge < -0.3 is 16.2 Å². The summed E-state index contributed by atoms with van der Waals surface area (Å²) in [6, 6.07) is 6.62. The third kappa shape index (κ3) is 8.20. The molecular formula is C29H46N6O. The second kappa shape index (κ2) is 14.2. The maximum Gasteiger partial charge on any atom is 0.116 e. The fourth-order valence-electron chi connectivity index (χ4n) is 5.18. The number of nitrogens with two attached hydrogens (primary N) is 1. The van der Waals surface area contributed by atoms with Gasteiger partial charge in [-0.05, 0) is 96.4 Å². The van der Waals surface area contributed by atoms with Crippen LogP contribution in [0.4, 0.5) is 0 Å². The zero-order valence-electron chi connectivity index (χ0n) is 22.6. The summed E-state index contributed by atoms with van der Waals surface area (Å²) >= 11 is 0. The number of phenols is 1. The summed E-state index contributed by atoms with van der Waals surface area (Å²) in [7, 11) is 0. The van der Waals surface area contributed by atoms with E-state index in [9.17, 15) is 5.11 Å². The summed E-state index contributed by atoms with van der Waals surface area (Å²) in [6.45, 7) is 10.0. The number of hydrogen-bond donors (Lipinski definition) is 4. The minimum atomic E-state index is 0.251. The molecule has 1 aromatic carbocycles. The van der Waals surface area contributed by atoms with Crippen LogP contribution in [0, 0.1) is 6.92 Å². The van der Waals surface area contributed by atoms with Crippen LogP contribution >= 0.6 is 0 Å². The largest absolute Gasteiger partial charge is 0.508 e. The molecule has 7 heteroatoms. The van der Waals surface area contributed by atoms with Crippen molar-refractivity contribution in [3.63, 3.8) is 0 Å². The van der Waals surface area contributed by atoms with E-state index in [-0.39, 0.29) is 5.75 Å². The van der Waals surface area contributed by atoms with E-state index >= 15 is 0 Å². The van der Waals surface area contributed by atoms with E-state index in [1.807, 2.05) is 50.0 Å². The van der Waals surface area contributed by atoms with Gasteiger partial charge in [-0.15, -0.1) is 0 Å². The van der Waals surface area contributed by atoms with Crippen LogP contribution in [-0.4, -0.2) is 46.4 Å². The molecule has 1 unspecified atom stereocenters. The molecule has 0 amide bonds. The lowest BCUT2D eigenvalue weighted by Gasteiger charge is -2.22. The summed E-state index contributed by atoms with van der Waals surface area (Å²) in [5.74, 6) is 0.251. The minimum absolute atomic E-state index is 0.251. The van der Waals surface area contributed by atoms with Crippen LogP contribution in [0.15, 0.2) is 35.5 Å². The van der Waals surface area contributed by atoms with Crippen molar-refractivity contribution in [3.05, 3.63) is 41.6 Å². The lowest BCUT2D eigenvalue weighted by atomic mass is 10.0. The first-order valence-corrected chi connectivity index (χ1v) is 13.7. The number of aryl methyl sites for hydroxylation is 1. The Hall–Kier alpha value is -2.64. The van der Waals surface area contributed by atoms with Crippen LogP contribution in [0.25, 0.3) is 17.0 Å². The number of phenolic OH excluding ortho intramolecular Hbond substituents is 1. The Bertz CT molecular complexity index is 977. The molecule has 1 aliphatic carbocycles. The summed E-state index contributed by atoms with van der Waals surface area (Å²) in [4.78, 5) is 4.31. The van der Waals surface area contributed by atoms with Gasteiger partial charge in [0.05, 0.1) is 12.2 Å². The Morgan fingerprint density at radius 3 is 2.44 bits per heavy atom. The van der Waals surface area contributed by atoms with Gasteiger partial charge in [-0.3, -0.25) is 15.0 Å². The molecule has 1 aliphatic heterocycles. The number of piperidine rings is 1. The van der Waals surface area contributed by atoms with Gasteiger partial charge >= 0.3 is 0 Å². The van der Waals surface area contributed by atoms with Gasteiger partial charge in [0.2, 0.25) is 0 Å². The van der Waals surface area contributed by atoms with Gasteiger partial charge in [-0.2, -0.15) is 5.10 Å². The molecule has 0 bridgehead atoms. The maximum atomic E-state index is 9.91. The van der Waals surface area contributed by atoms with E-state index < -0.39 is 0 Å². The average Bonchev–Trinajstić information content (AvgIpc) is 3.16. The van der Waals surface area contributed by atoms with E-state index in [1.165, 1.54) is 38.5 Å². The molecule has 36 heavy (non-hydrogen) atoms. The highest BCUT2D eigenvalue weighted by Gasteiger charge is 2.20. The van der Waals surface area contributed by atoms with Crippen LogP contribution < -0.4 is 16.4 Å². The minimum Gasteiger partial charge on any atom is -0.508 e. The Kier molecular flexibility index (Phi) is 11.0. The maximum absolute atomic E-state index is 9.91. The topological polar surface area (TPSA) is 100 Å². The zero-order valence-corrected chi connectivity index (χ0v) is 22.6. The molecule has 1 aromatic heterocycles. The standard InChI is InChI=1S/C18H24N4O.C11H22N2/c1-3-17(19)16-11-22(14-4-6-20-7-5-14)21-18(16)13-8-12(2)9-15(23)10-13;1-3-12-10(2)13-11-8-6-4-5-7-9-11/h3,8-11,14,20,23H,4-7,19H2,1-2H3;3,10-11,13H,4-9H2,1-2H3/b17-3-;12-3-. The highest BCUT2D eigenvalue weighted by Crippen LogP contribution is 2.31. The van der Waals surface area contributed by atoms with Crippen molar-refractivity contribution in [1.82, 2.24) is 20.4 Å². The summed E-state index contributed by atoms with van der Waals surface area (Å²) in [5, 5.41) is 21.7. The predicted molar refractivity (Wildman–Crippen MR) is 151 cm³/mol. The van der Waals surface area contributed by atoms with Gasteiger partial charge in [0.15, 0.2) is 0 Å². The number of rotatable bonds is 6. The number of aromatic nitrogens is 2. The SMILES string of the molecule is C/C=C(\N)c1cn(C2CCNCC2)nc1-c1cc(C)cc(O)c1.C/C=N\C(C)NC1CCCCCC1. The van der Waals surface area contributed by atoms with Crippen LogP contribution in [-0.2, 0) is 0 Å². The third-order valence-corrected chi connectivity index (χ3v) is 7.08. The molecule has 1 saturated carbocycles. The average molecular weight is 495 g/mol.